The smallest absolute Gasteiger partial charge is 0.136 e. The van der Waals surface area contributed by atoms with Crippen LogP contribution >= 0.6 is 0 Å². The van der Waals surface area contributed by atoms with Crippen molar-refractivity contribution in [3.05, 3.63) is 0 Å². The molecule has 2 aliphatic rings. The fourth-order valence-corrected chi connectivity index (χ4v) is 2.26. The molecular weight excluding hydrogens is 176 g/mol. The molecule has 1 saturated carbocycles. The van der Waals surface area contributed by atoms with Crippen LogP contribution in [0.4, 0.5) is 0 Å². The molecule has 0 spiro atoms. The Morgan fingerprint density at radius 2 is 2.21 bits per heavy atom. The summed E-state index contributed by atoms with van der Waals surface area (Å²) in [5, 5.41) is 0. The number of ketones is 1. The van der Waals surface area contributed by atoms with Crippen LogP contribution < -0.4 is 0 Å². The van der Waals surface area contributed by atoms with Gasteiger partial charge in [0.2, 0.25) is 0 Å². The van der Waals surface area contributed by atoms with Gasteiger partial charge in [0, 0.05) is 18.9 Å². The molecule has 2 unspecified atom stereocenters. The van der Waals surface area contributed by atoms with Gasteiger partial charge in [-0.15, -0.1) is 0 Å². The molecule has 0 radical (unpaired) electrons. The average molecular weight is 196 g/mol. The van der Waals surface area contributed by atoms with Crippen LogP contribution in [0.15, 0.2) is 0 Å². The molecule has 2 heteroatoms. The number of carbonyl (C=O) groups is 1. The lowest BCUT2D eigenvalue weighted by atomic mass is 9.96. The summed E-state index contributed by atoms with van der Waals surface area (Å²) in [7, 11) is 0. The molecule has 80 valence electrons. The molecule has 1 heterocycles. The predicted octanol–water partition coefficient (Wildman–Crippen LogP) is 2.56. The third-order valence-electron chi connectivity index (χ3n) is 3.57. The number of rotatable bonds is 5. The van der Waals surface area contributed by atoms with Crippen molar-refractivity contribution in [2.75, 3.05) is 6.61 Å². The SMILES string of the molecule is CC(C(=O)CCC1CCCO1)C1CC1. The average Bonchev–Trinajstić information content (AvgIpc) is 2.91. The zero-order valence-electron chi connectivity index (χ0n) is 9.00. The van der Waals surface area contributed by atoms with Crippen molar-refractivity contribution in [3.63, 3.8) is 0 Å². The van der Waals surface area contributed by atoms with Crippen molar-refractivity contribution in [1.29, 1.82) is 0 Å². The first-order chi connectivity index (χ1) is 6.77. The largest absolute Gasteiger partial charge is 0.378 e. The summed E-state index contributed by atoms with van der Waals surface area (Å²) in [6.45, 7) is 2.99. The minimum absolute atomic E-state index is 0.316. The summed E-state index contributed by atoms with van der Waals surface area (Å²) < 4.78 is 5.51. The maximum absolute atomic E-state index is 11.7. The molecular formula is C12H20O2. The van der Waals surface area contributed by atoms with Gasteiger partial charge < -0.3 is 4.74 Å². The second-order valence-electron chi connectivity index (χ2n) is 4.77. The van der Waals surface area contributed by atoms with Gasteiger partial charge in [0.25, 0.3) is 0 Å². The van der Waals surface area contributed by atoms with Crippen LogP contribution in [-0.4, -0.2) is 18.5 Å². The van der Waals surface area contributed by atoms with Crippen LogP contribution in [0.25, 0.3) is 0 Å². The van der Waals surface area contributed by atoms with Crippen molar-refractivity contribution in [3.8, 4) is 0 Å². The van der Waals surface area contributed by atoms with Gasteiger partial charge in [0.15, 0.2) is 0 Å². The van der Waals surface area contributed by atoms with E-state index in [1.165, 1.54) is 19.3 Å². The Bertz CT molecular complexity index is 202. The Morgan fingerprint density at radius 3 is 2.79 bits per heavy atom. The van der Waals surface area contributed by atoms with E-state index in [0.29, 0.717) is 23.7 Å². The van der Waals surface area contributed by atoms with Crippen LogP contribution in [-0.2, 0) is 9.53 Å². The van der Waals surface area contributed by atoms with Crippen LogP contribution in [0.2, 0.25) is 0 Å². The third kappa shape index (κ3) is 2.57. The van der Waals surface area contributed by atoms with E-state index in [1.807, 2.05) is 0 Å². The first kappa shape index (κ1) is 10.2. The van der Waals surface area contributed by atoms with E-state index in [2.05, 4.69) is 6.92 Å². The zero-order chi connectivity index (χ0) is 9.97. The summed E-state index contributed by atoms with van der Waals surface area (Å²) in [6.07, 6.45) is 6.95. The topological polar surface area (TPSA) is 26.3 Å². The number of hydrogen-bond acceptors (Lipinski definition) is 2. The lowest BCUT2D eigenvalue weighted by molar-refractivity contribution is -0.123. The van der Waals surface area contributed by atoms with Crippen LogP contribution in [0.3, 0.4) is 0 Å². The Morgan fingerprint density at radius 1 is 1.43 bits per heavy atom. The van der Waals surface area contributed by atoms with Crippen molar-refractivity contribution < 1.29 is 9.53 Å². The summed E-state index contributed by atoms with van der Waals surface area (Å²) in [5.41, 5.74) is 0. The molecule has 2 nitrogen and oxygen atoms in total. The molecule has 1 aliphatic carbocycles. The van der Waals surface area contributed by atoms with Crippen LogP contribution in [0, 0.1) is 11.8 Å². The Hall–Kier alpha value is -0.370. The molecule has 0 bridgehead atoms. The van der Waals surface area contributed by atoms with Crippen molar-refractivity contribution in [2.24, 2.45) is 11.8 Å². The van der Waals surface area contributed by atoms with Crippen molar-refractivity contribution in [1.82, 2.24) is 0 Å². The van der Waals surface area contributed by atoms with Gasteiger partial charge in [-0.3, -0.25) is 4.79 Å². The monoisotopic (exact) mass is 196 g/mol. The maximum Gasteiger partial charge on any atom is 0.136 e. The number of hydrogen-bond donors (Lipinski definition) is 0. The van der Waals surface area contributed by atoms with Gasteiger partial charge >= 0.3 is 0 Å². The first-order valence-electron chi connectivity index (χ1n) is 5.91. The lowest BCUT2D eigenvalue weighted by Crippen LogP contribution is -2.15. The Balaban J connectivity index is 1.65. The normalized spacial score (nSPS) is 29.1. The highest BCUT2D eigenvalue weighted by Gasteiger charge is 2.32. The molecule has 2 rings (SSSR count). The minimum Gasteiger partial charge on any atom is -0.378 e. The standard InChI is InChI=1S/C12H20O2/c1-9(10-4-5-10)12(13)7-6-11-3-2-8-14-11/h9-11H,2-8H2,1H3. The molecule has 1 saturated heterocycles. The number of ether oxygens (including phenoxy) is 1. The fraction of sp³-hybridized carbons (Fsp3) is 0.917. The van der Waals surface area contributed by atoms with E-state index in [4.69, 9.17) is 4.74 Å². The zero-order valence-corrected chi connectivity index (χ0v) is 9.00. The van der Waals surface area contributed by atoms with Gasteiger partial charge in [0.1, 0.15) is 5.78 Å². The highest BCUT2D eigenvalue weighted by Crippen LogP contribution is 2.37. The van der Waals surface area contributed by atoms with Gasteiger partial charge in [-0.1, -0.05) is 6.92 Å². The Labute approximate surface area is 86.0 Å². The van der Waals surface area contributed by atoms with E-state index in [1.54, 1.807) is 0 Å². The maximum atomic E-state index is 11.7. The number of Topliss-reactive ketones (excluding diaryl/α,β-unsaturated/α-hetero) is 1. The predicted molar refractivity (Wildman–Crippen MR) is 55.1 cm³/mol. The molecule has 0 amide bonds. The van der Waals surface area contributed by atoms with E-state index in [-0.39, 0.29) is 0 Å². The lowest BCUT2D eigenvalue weighted by Gasteiger charge is -2.11. The molecule has 14 heavy (non-hydrogen) atoms. The second-order valence-corrected chi connectivity index (χ2v) is 4.77. The van der Waals surface area contributed by atoms with E-state index >= 15 is 0 Å². The highest BCUT2D eigenvalue weighted by molar-refractivity contribution is 5.81. The van der Waals surface area contributed by atoms with E-state index in [9.17, 15) is 4.79 Å². The summed E-state index contributed by atoms with van der Waals surface area (Å²) in [4.78, 5) is 11.7. The summed E-state index contributed by atoms with van der Waals surface area (Å²) >= 11 is 0. The van der Waals surface area contributed by atoms with Crippen LogP contribution in [0.5, 0.6) is 0 Å². The van der Waals surface area contributed by atoms with Gasteiger partial charge in [-0.2, -0.15) is 0 Å². The molecule has 2 fully saturated rings. The fourth-order valence-electron chi connectivity index (χ4n) is 2.26. The molecule has 0 aromatic rings. The minimum atomic E-state index is 0.316. The third-order valence-corrected chi connectivity index (χ3v) is 3.57. The van der Waals surface area contributed by atoms with Gasteiger partial charge in [-0.05, 0) is 38.0 Å². The molecule has 0 aromatic heterocycles. The highest BCUT2D eigenvalue weighted by atomic mass is 16.5. The second kappa shape index (κ2) is 4.43. The quantitative estimate of drug-likeness (QED) is 0.675. The molecule has 2 atom stereocenters. The van der Waals surface area contributed by atoms with Crippen molar-refractivity contribution in [2.45, 2.75) is 51.6 Å². The first-order valence-corrected chi connectivity index (χ1v) is 5.91. The number of carbonyl (C=O) groups excluding carboxylic acids is 1. The van der Waals surface area contributed by atoms with Gasteiger partial charge in [0.05, 0.1) is 6.10 Å². The van der Waals surface area contributed by atoms with Crippen LogP contribution in [0.1, 0.15) is 45.4 Å². The van der Waals surface area contributed by atoms with E-state index in [0.717, 1.165) is 25.9 Å². The molecule has 0 aromatic carbocycles. The van der Waals surface area contributed by atoms with E-state index < -0.39 is 0 Å². The molecule has 0 N–H and O–H groups in total. The summed E-state index contributed by atoms with van der Waals surface area (Å²) in [6, 6.07) is 0. The Kier molecular flexibility index (Phi) is 3.22. The van der Waals surface area contributed by atoms with Crippen molar-refractivity contribution >= 4 is 5.78 Å². The molecule has 1 aliphatic heterocycles. The summed E-state index contributed by atoms with van der Waals surface area (Å²) in [5.74, 6) is 1.49. The van der Waals surface area contributed by atoms with Gasteiger partial charge in [-0.25, -0.2) is 0 Å².